The number of nitrogens with zero attached hydrogens (tertiary/aromatic N) is 1. The fourth-order valence-corrected chi connectivity index (χ4v) is 3.87. The van der Waals surface area contributed by atoms with Crippen molar-refractivity contribution in [1.29, 1.82) is 5.26 Å². The smallest absolute Gasteiger partial charge is 0.228 e. The Balaban J connectivity index is 1.96. The molecule has 1 aliphatic heterocycles. The van der Waals surface area contributed by atoms with Gasteiger partial charge in [0.15, 0.2) is 9.84 Å². The summed E-state index contributed by atoms with van der Waals surface area (Å²) in [6.45, 7) is 0. The van der Waals surface area contributed by atoms with Crippen molar-refractivity contribution < 1.29 is 13.2 Å². The van der Waals surface area contributed by atoms with Gasteiger partial charge in [-0.1, -0.05) is 18.2 Å². The molecule has 22 heavy (non-hydrogen) atoms. The topological polar surface area (TPSA) is 87.0 Å². The molecule has 0 spiro atoms. The second-order valence-corrected chi connectivity index (χ2v) is 7.06. The summed E-state index contributed by atoms with van der Waals surface area (Å²) >= 11 is 0. The Hall–Kier alpha value is -2.65. The summed E-state index contributed by atoms with van der Waals surface area (Å²) < 4.78 is 25.1. The van der Waals surface area contributed by atoms with Crippen LogP contribution in [0.4, 0.5) is 5.69 Å². The molecule has 110 valence electrons. The molecule has 3 rings (SSSR count). The lowest BCUT2D eigenvalue weighted by Crippen LogP contribution is -2.06. The minimum Gasteiger partial charge on any atom is -0.326 e. The van der Waals surface area contributed by atoms with Crippen LogP contribution in [0.15, 0.2) is 47.4 Å². The van der Waals surface area contributed by atoms with Gasteiger partial charge >= 0.3 is 0 Å². The van der Waals surface area contributed by atoms with Crippen molar-refractivity contribution in [2.24, 2.45) is 0 Å². The van der Waals surface area contributed by atoms with E-state index in [1.54, 1.807) is 30.3 Å². The molecule has 2 aromatic rings. The first-order valence-electron chi connectivity index (χ1n) is 6.63. The Bertz CT molecular complexity index is 911. The van der Waals surface area contributed by atoms with Gasteiger partial charge in [-0.05, 0) is 35.4 Å². The summed E-state index contributed by atoms with van der Waals surface area (Å²) in [7, 11) is -3.58. The molecule has 0 radical (unpaired) electrons. The van der Waals surface area contributed by atoms with E-state index in [0.29, 0.717) is 22.4 Å². The van der Waals surface area contributed by atoms with Gasteiger partial charge in [-0.2, -0.15) is 5.26 Å². The lowest BCUT2D eigenvalue weighted by Gasteiger charge is -2.08. The third-order valence-electron chi connectivity index (χ3n) is 3.54. The molecule has 0 bridgehead atoms. The number of hydrogen-bond acceptors (Lipinski definition) is 4. The van der Waals surface area contributed by atoms with Crippen LogP contribution in [0.3, 0.4) is 0 Å². The zero-order valence-electron chi connectivity index (χ0n) is 11.5. The maximum absolute atomic E-state index is 12.5. The van der Waals surface area contributed by atoms with Crippen molar-refractivity contribution in [2.45, 2.75) is 17.1 Å². The lowest BCUT2D eigenvalue weighted by atomic mass is 10.1. The maximum Gasteiger partial charge on any atom is 0.228 e. The molecule has 1 heterocycles. The van der Waals surface area contributed by atoms with Crippen molar-refractivity contribution in [3.05, 3.63) is 59.2 Å². The predicted molar refractivity (Wildman–Crippen MR) is 80.8 cm³/mol. The van der Waals surface area contributed by atoms with Crippen molar-refractivity contribution in [3.63, 3.8) is 0 Å². The second-order valence-electron chi connectivity index (χ2n) is 5.07. The first kappa shape index (κ1) is 14.3. The molecular formula is C16H12N2O3S. The third-order valence-corrected chi connectivity index (χ3v) is 5.21. The highest BCUT2D eigenvalue weighted by atomic mass is 32.2. The zero-order chi connectivity index (χ0) is 15.7. The summed E-state index contributed by atoms with van der Waals surface area (Å²) in [5.74, 6) is -0.379. The Morgan fingerprint density at radius 1 is 1.18 bits per heavy atom. The van der Waals surface area contributed by atoms with Crippen molar-refractivity contribution >= 4 is 21.4 Å². The van der Waals surface area contributed by atoms with Crippen LogP contribution in [0.2, 0.25) is 0 Å². The number of hydrogen-bond donors (Lipinski definition) is 1. The molecule has 1 aliphatic rings. The van der Waals surface area contributed by atoms with E-state index in [9.17, 15) is 13.2 Å². The Kier molecular flexibility index (Phi) is 3.43. The summed E-state index contributed by atoms with van der Waals surface area (Å²) in [6, 6.07) is 13.2. The van der Waals surface area contributed by atoms with E-state index in [4.69, 9.17) is 5.26 Å². The van der Waals surface area contributed by atoms with Gasteiger partial charge in [0.25, 0.3) is 0 Å². The van der Waals surface area contributed by atoms with E-state index >= 15 is 0 Å². The maximum atomic E-state index is 12.5. The first-order chi connectivity index (χ1) is 10.5. The van der Waals surface area contributed by atoms with E-state index in [2.05, 4.69) is 5.32 Å². The lowest BCUT2D eigenvalue weighted by molar-refractivity contribution is -0.115. The number of anilines is 1. The minimum absolute atomic E-state index is 0.139. The summed E-state index contributed by atoms with van der Waals surface area (Å²) in [5.41, 5.74) is 2.16. The standard InChI is InChI=1S/C16H12N2O3S/c17-9-11-3-1-2-4-12(11)10-22(20,21)14-5-6-15-13(7-14)8-16(19)18-15/h1-7H,8,10H2,(H,18,19). The second kappa shape index (κ2) is 5.28. The third kappa shape index (κ3) is 2.59. The van der Waals surface area contributed by atoms with Crippen molar-refractivity contribution in [1.82, 2.24) is 0 Å². The fraction of sp³-hybridized carbons (Fsp3) is 0.125. The van der Waals surface area contributed by atoms with E-state index in [1.165, 1.54) is 12.1 Å². The van der Waals surface area contributed by atoms with E-state index < -0.39 is 9.84 Å². The number of carbonyl (C=O) groups excluding carboxylic acids is 1. The fourth-order valence-electron chi connectivity index (χ4n) is 2.44. The number of fused-ring (bicyclic) bond motifs is 1. The monoisotopic (exact) mass is 312 g/mol. The van der Waals surface area contributed by atoms with Crippen LogP contribution in [-0.2, 0) is 26.8 Å². The van der Waals surface area contributed by atoms with Crippen LogP contribution < -0.4 is 5.32 Å². The molecule has 0 fully saturated rings. The highest BCUT2D eigenvalue weighted by molar-refractivity contribution is 7.90. The molecular weight excluding hydrogens is 300 g/mol. The van der Waals surface area contributed by atoms with Gasteiger partial charge in [-0.25, -0.2) is 8.42 Å². The van der Waals surface area contributed by atoms with E-state index in [-0.39, 0.29) is 23.0 Å². The van der Waals surface area contributed by atoms with Crippen LogP contribution in [0.5, 0.6) is 0 Å². The predicted octanol–water partition coefficient (Wildman–Crippen LogP) is 2.03. The van der Waals surface area contributed by atoms with Gasteiger partial charge in [-0.3, -0.25) is 4.79 Å². The van der Waals surface area contributed by atoms with Crippen LogP contribution >= 0.6 is 0 Å². The number of amides is 1. The number of nitrogens with one attached hydrogen (secondary N) is 1. The number of benzene rings is 2. The van der Waals surface area contributed by atoms with Gasteiger partial charge in [0.2, 0.25) is 5.91 Å². The molecule has 1 N–H and O–H groups in total. The van der Waals surface area contributed by atoms with Crippen molar-refractivity contribution in [2.75, 3.05) is 5.32 Å². The summed E-state index contributed by atoms with van der Waals surface area (Å²) in [5, 5.41) is 11.7. The Morgan fingerprint density at radius 2 is 1.95 bits per heavy atom. The molecule has 0 saturated heterocycles. The normalized spacial score (nSPS) is 13.3. The summed E-state index contributed by atoms with van der Waals surface area (Å²) in [4.78, 5) is 11.5. The van der Waals surface area contributed by atoms with Crippen LogP contribution in [0.1, 0.15) is 16.7 Å². The van der Waals surface area contributed by atoms with Gasteiger partial charge in [-0.15, -0.1) is 0 Å². The van der Waals surface area contributed by atoms with Gasteiger partial charge in [0.1, 0.15) is 0 Å². The molecule has 0 unspecified atom stereocenters. The van der Waals surface area contributed by atoms with Crippen LogP contribution in [0, 0.1) is 11.3 Å². The van der Waals surface area contributed by atoms with Gasteiger partial charge < -0.3 is 5.32 Å². The molecule has 6 heteroatoms. The van der Waals surface area contributed by atoms with Crippen LogP contribution in [0.25, 0.3) is 0 Å². The van der Waals surface area contributed by atoms with E-state index in [1.807, 2.05) is 6.07 Å². The molecule has 2 aromatic carbocycles. The number of sulfone groups is 1. The largest absolute Gasteiger partial charge is 0.326 e. The quantitative estimate of drug-likeness (QED) is 0.939. The molecule has 5 nitrogen and oxygen atoms in total. The highest BCUT2D eigenvalue weighted by Gasteiger charge is 2.22. The Labute approximate surface area is 128 Å². The average molecular weight is 312 g/mol. The Morgan fingerprint density at radius 3 is 2.73 bits per heavy atom. The summed E-state index contributed by atoms with van der Waals surface area (Å²) in [6.07, 6.45) is 0.188. The zero-order valence-corrected chi connectivity index (χ0v) is 12.4. The van der Waals surface area contributed by atoms with Crippen molar-refractivity contribution in [3.8, 4) is 6.07 Å². The van der Waals surface area contributed by atoms with E-state index in [0.717, 1.165) is 0 Å². The number of carbonyl (C=O) groups is 1. The minimum atomic E-state index is -3.58. The molecule has 0 atom stereocenters. The SMILES string of the molecule is N#Cc1ccccc1CS(=O)(=O)c1ccc2c(c1)CC(=O)N2. The van der Waals surface area contributed by atoms with Gasteiger partial charge in [0, 0.05) is 5.69 Å². The van der Waals surface area contributed by atoms with Crippen LogP contribution in [-0.4, -0.2) is 14.3 Å². The molecule has 0 aliphatic carbocycles. The number of rotatable bonds is 3. The highest BCUT2D eigenvalue weighted by Crippen LogP contribution is 2.27. The first-order valence-corrected chi connectivity index (χ1v) is 8.28. The molecule has 0 saturated carbocycles. The molecule has 1 amide bonds. The molecule has 0 aromatic heterocycles. The average Bonchev–Trinajstić information content (AvgIpc) is 2.86. The van der Waals surface area contributed by atoms with Gasteiger partial charge in [0.05, 0.1) is 28.7 Å². The number of nitriles is 1.